The number of hydrogen-bond acceptors (Lipinski definition) is 6. The van der Waals surface area contributed by atoms with Crippen LogP contribution < -0.4 is 21.6 Å². The molecule has 2 aromatic rings. The van der Waals surface area contributed by atoms with Crippen LogP contribution in [0.15, 0.2) is 35.1 Å². The Morgan fingerprint density at radius 3 is 2.86 bits per heavy atom. The van der Waals surface area contributed by atoms with E-state index in [4.69, 9.17) is 10.6 Å². The van der Waals surface area contributed by atoms with Gasteiger partial charge in [-0.3, -0.25) is 15.0 Å². The van der Waals surface area contributed by atoms with Gasteiger partial charge < -0.3 is 9.84 Å². The summed E-state index contributed by atoms with van der Waals surface area (Å²) >= 11 is 0. The van der Waals surface area contributed by atoms with Gasteiger partial charge in [0.25, 0.3) is 11.5 Å². The smallest absolute Gasteiger partial charge is 0.289 e. The number of ether oxygens (including phenoxy) is 1. The molecule has 1 aromatic carbocycles. The third-order valence-electron chi connectivity index (χ3n) is 2.65. The lowest BCUT2D eigenvalue weighted by atomic mass is 10.3. The van der Waals surface area contributed by atoms with Gasteiger partial charge in [0.05, 0.1) is 6.61 Å². The summed E-state index contributed by atoms with van der Waals surface area (Å²) in [5.74, 6) is 4.09. The maximum Gasteiger partial charge on any atom is 0.289 e. The first-order valence-electron chi connectivity index (χ1n) is 6.15. The minimum Gasteiger partial charge on any atom is -0.505 e. The summed E-state index contributed by atoms with van der Waals surface area (Å²) < 4.78 is 6.38. The summed E-state index contributed by atoms with van der Waals surface area (Å²) in [4.78, 5) is 23.5. The SMILES string of the molecule is CCOc1ccccc1-n1nc(C(=O)NN)c(O)cc1=O. The van der Waals surface area contributed by atoms with E-state index in [0.717, 1.165) is 10.7 Å². The Labute approximate surface area is 119 Å². The van der Waals surface area contributed by atoms with Gasteiger partial charge in [0.2, 0.25) is 0 Å². The van der Waals surface area contributed by atoms with E-state index in [2.05, 4.69) is 5.10 Å². The normalized spacial score (nSPS) is 10.2. The van der Waals surface area contributed by atoms with Crippen LogP contribution in [0.3, 0.4) is 0 Å². The van der Waals surface area contributed by atoms with Crippen LogP contribution in [0.1, 0.15) is 17.4 Å². The highest BCUT2D eigenvalue weighted by Crippen LogP contribution is 2.21. The molecular formula is C13H14N4O4. The molecule has 0 radical (unpaired) electrons. The molecule has 2 rings (SSSR count). The average molecular weight is 290 g/mol. The molecule has 110 valence electrons. The van der Waals surface area contributed by atoms with Gasteiger partial charge in [0, 0.05) is 6.07 Å². The molecule has 21 heavy (non-hydrogen) atoms. The summed E-state index contributed by atoms with van der Waals surface area (Å²) in [6.07, 6.45) is 0. The Bertz CT molecular complexity index is 726. The van der Waals surface area contributed by atoms with Crippen molar-refractivity contribution >= 4 is 5.91 Å². The highest BCUT2D eigenvalue weighted by atomic mass is 16.5. The maximum absolute atomic E-state index is 12.0. The number of aromatic hydroxyl groups is 1. The number of rotatable bonds is 4. The van der Waals surface area contributed by atoms with E-state index in [1.807, 2.05) is 5.43 Å². The summed E-state index contributed by atoms with van der Waals surface area (Å²) in [6, 6.07) is 7.61. The molecule has 0 fully saturated rings. The zero-order valence-corrected chi connectivity index (χ0v) is 11.2. The fraction of sp³-hybridized carbons (Fsp3) is 0.154. The highest BCUT2D eigenvalue weighted by Gasteiger charge is 2.17. The van der Waals surface area contributed by atoms with E-state index < -0.39 is 17.2 Å². The van der Waals surface area contributed by atoms with Crippen molar-refractivity contribution in [3.8, 4) is 17.2 Å². The molecule has 0 saturated heterocycles. The standard InChI is InChI=1S/C13H14N4O4/c1-2-21-10-6-4-3-5-8(10)17-11(19)7-9(18)12(16-17)13(20)15-14/h3-7,18H,2,14H2,1H3,(H,15,20). The fourth-order valence-corrected chi connectivity index (χ4v) is 1.76. The second-order valence-corrected chi connectivity index (χ2v) is 4.00. The second-order valence-electron chi connectivity index (χ2n) is 4.00. The minimum atomic E-state index is -0.810. The molecule has 4 N–H and O–H groups in total. The van der Waals surface area contributed by atoms with Crippen LogP contribution in [-0.2, 0) is 0 Å². The third kappa shape index (κ3) is 2.84. The summed E-state index contributed by atoms with van der Waals surface area (Å²) in [5, 5.41) is 13.5. The number of nitrogens with zero attached hydrogens (tertiary/aromatic N) is 2. The fourth-order valence-electron chi connectivity index (χ4n) is 1.76. The molecule has 0 spiro atoms. The van der Waals surface area contributed by atoms with E-state index >= 15 is 0 Å². The van der Waals surface area contributed by atoms with Crippen molar-refractivity contribution in [3.63, 3.8) is 0 Å². The maximum atomic E-state index is 12.0. The number of hydrazine groups is 1. The molecule has 8 heteroatoms. The van der Waals surface area contributed by atoms with E-state index in [0.29, 0.717) is 18.0 Å². The zero-order valence-electron chi connectivity index (χ0n) is 11.2. The van der Waals surface area contributed by atoms with Crippen LogP contribution in [0.4, 0.5) is 0 Å². The number of nitrogen functional groups attached to an aromatic ring is 1. The van der Waals surface area contributed by atoms with Crippen LogP contribution in [0, 0.1) is 0 Å². The lowest BCUT2D eigenvalue weighted by Gasteiger charge is -2.12. The van der Waals surface area contributed by atoms with Gasteiger partial charge in [0.15, 0.2) is 11.4 Å². The van der Waals surface area contributed by atoms with E-state index in [1.165, 1.54) is 0 Å². The summed E-state index contributed by atoms with van der Waals surface area (Å²) in [5.41, 5.74) is 1.25. The lowest BCUT2D eigenvalue weighted by Crippen LogP contribution is -2.33. The van der Waals surface area contributed by atoms with Crippen LogP contribution in [0.5, 0.6) is 11.5 Å². The summed E-state index contributed by atoms with van der Waals surface area (Å²) in [6.45, 7) is 2.21. The number of nitrogens with one attached hydrogen (secondary N) is 1. The van der Waals surface area contributed by atoms with Crippen molar-refractivity contribution in [1.29, 1.82) is 0 Å². The predicted molar refractivity (Wildman–Crippen MR) is 74.3 cm³/mol. The number of benzene rings is 1. The third-order valence-corrected chi connectivity index (χ3v) is 2.65. The molecule has 0 aliphatic rings. The molecule has 0 bridgehead atoms. The van der Waals surface area contributed by atoms with Crippen molar-refractivity contribution < 1.29 is 14.6 Å². The molecule has 0 aliphatic carbocycles. The first-order valence-corrected chi connectivity index (χ1v) is 6.15. The van der Waals surface area contributed by atoms with Gasteiger partial charge in [-0.2, -0.15) is 9.78 Å². The largest absolute Gasteiger partial charge is 0.505 e. The quantitative estimate of drug-likeness (QED) is 0.412. The summed E-state index contributed by atoms with van der Waals surface area (Å²) in [7, 11) is 0. The van der Waals surface area contributed by atoms with Gasteiger partial charge in [0.1, 0.15) is 11.4 Å². The van der Waals surface area contributed by atoms with Gasteiger partial charge in [-0.1, -0.05) is 12.1 Å². The molecule has 1 amide bonds. The van der Waals surface area contributed by atoms with Gasteiger partial charge >= 0.3 is 0 Å². The van der Waals surface area contributed by atoms with Crippen molar-refractivity contribution in [2.45, 2.75) is 6.92 Å². The first-order chi connectivity index (χ1) is 10.1. The molecule has 0 unspecified atom stereocenters. The number of aromatic nitrogens is 2. The van der Waals surface area contributed by atoms with E-state index in [1.54, 1.807) is 31.2 Å². The van der Waals surface area contributed by atoms with Gasteiger partial charge in [-0.05, 0) is 19.1 Å². The predicted octanol–water partition coefficient (Wildman–Crippen LogP) is -0.0597. The van der Waals surface area contributed by atoms with Crippen molar-refractivity contribution in [1.82, 2.24) is 15.2 Å². The van der Waals surface area contributed by atoms with Gasteiger partial charge in [-0.25, -0.2) is 5.84 Å². The monoisotopic (exact) mass is 290 g/mol. The molecule has 0 aliphatic heterocycles. The van der Waals surface area contributed by atoms with Crippen LogP contribution >= 0.6 is 0 Å². The zero-order chi connectivity index (χ0) is 15.4. The lowest BCUT2D eigenvalue weighted by molar-refractivity contribution is 0.0943. The Kier molecular flexibility index (Phi) is 4.19. The Hall–Kier alpha value is -2.87. The minimum absolute atomic E-state index is 0.357. The number of carbonyl (C=O) groups is 1. The Morgan fingerprint density at radius 2 is 2.19 bits per heavy atom. The number of para-hydroxylation sites is 2. The number of hydrogen-bond donors (Lipinski definition) is 3. The topological polar surface area (TPSA) is 119 Å². The second kappa shape index (κ2) is 6.06. The van der Waals surface area contributed by atoms with Crippen molar-refractivity contribution in [3.05, 3.63) is 46.4 Å². The Morgan fingerprint density at radius 1 is 1.48 bits per heavy atom. The molecule has 0 saturated carbocycles. The van der Waals surface area contributed by atoms with E-state index in [9.17, 15) is 14.7 Å². The molecular weight excluding hydrogens is 276 g/mol. The molecule has 8 nitrogen and oxygen atoms in total. The van der Waals surface area contributed by atoms with Crippen molar-refractivity contribution in [2.75, 3.05) is 6.61 Å². The average Bonchev–Trinajstić information content (AvgIpc) is 2.48. The highest BCUT2D eigenvalue weighted by molar-refractivity contribution is 5.94. The van der Waals surface area contributed by atoms with Crippen LogP contribution in [-0.4, -0.2) is 27.4 Å². The first kappa shape index (κ1) is 14.5. The molecule has 1 aromatic heterocycles. The van der Waals surface area contributed by atoms with Crippen molar-refractivity contribution in [2.24, 2.45) is 5.84 Å². The molecule has 1 heterocycles. The van der Waals surface area contributed by atoms with E-state index in [-0.39, 0.29) is 5.69 Å². The Balaban J connectivity index is 2.64. The van der Waals surface area contributed by atoms with Gasteiger partial charge in [-0.15, -0.1) is 0 Å². The molecule has 0 atom stereocenters. The number of amides is 1. The van der Waals surface area contributed by atoms with Crippen LogP contribution in [0.25, 0.3) is 5.69 Å². The number of nitrogens with two attached hydrogens (primary N) is 1. The number of carbonyl (C=O) groups excluding carboxylic acids is 1. The van der Waals surface area contributed by atoms with Crippen LogP contribution in [0.2, 0.25) is 0 Å².